The van der Waals surface area contributed by atoms with Gasteiger partial charge in [-0.1, -0.05) is 0 Å². The standard InChI is InChI=1S/C11H13BrFNO3/c1-16-8-5-6(12)9(7(15)3-4-14)10(13)11(8)17-2/h5H,3-4,14H2,1-2H3. The highest BCUT2D eigenvalue weighted by molar-refractivity contribution is 9.10. The molecule has 0 atom stereocenters. The van der Waals surface area contributed by atoms with E-state index in [4.69, 9.17) is 15.2 Å². The summed E-state index contributed by atoms with van der Waals surface area (Å²) >= 11 is 3.14. The van der Waals surface area contributed by atoms with Crippen molar-refractivity contribution in [3.8, 4) is 11.5 Å². The van der Waals surface area contributed by atoms with Crippen molar-refractivity contribution in [1.82, 2.24) is 0 Å². The molecule has 0 aliphatic heterocycles. The number of benzene rings is 1. The number of carbonyl (C=O) groups is 1. The lowest BCUT2D eigenvalue weighted by Gasteiger charge is -2.12. The second kappa shape index (κ2) is 5.97. The zero-order valence-electron chi connectivity index (χ0n) is 9.55. The van der Waals surface area contributed by atoms with E-state index in [9.17, 15) is 9.18 Å². The molecule has 0 aliphatic carbocycles. The fraction of sp³-hybridized carbons (Fsp3) is 0.364. The highest BCUT2D eigenvalue weighted by Crippen LogP contribution is 2.37. The van der Waals surface area contributed by atoms with Crippen molar-refractivity contribution in [3.63, 3.8) is 0 Å². The van der Waals surface area contributed by atoms with Crippen LogP contribution in [-0.2, 0) is 0 Å². The van der Waals surface area contributed by atoms with Gasteiger partial charge < -0.3 is 15.2 Å². The second-order valence-corrected chi connectivity index (χ2v) is 4.10. The van der Waals surface area contributed by atoms with Gasteiger partial charge in [0.2, 0.25) is 0 Å². The molecule has 0 fully saturated rings. The first kappa shape index (κ1) is 13.9. The Morgan fingerprint density at radius 2 is 2.12 bits per heavy atom. The van der Waals surface area contributed by atoms with E-state index >= 15 is 0 Å². The Labute approximate surface area is 107 Å². The number of rotatable bonds is 5. The van der Waals surface area contributed by atoms with E-state index in [1.807, 2.05) is 0 Å². The van der Waals surface area contributed by atoms with Gasteiger partial charge in [0.15, 0.2) is 23.1 Å². The summed E-state index contributed by atoms with van der Waals surface area (Å²) in [5.41, 5.74) is 5.22. The average molecular weight is 306 g/mol. The first-order valence-electron chi connectivity index (χ1n) is 4.90. The number of ketones is 1. The maximum atomic E-state index is 14.1. The largest absolute Gasteiger partial charge is 0.493 e. The molecule has 6 heteroatoms. The van der Waals surface area contributed by atoms with Crippen LogP contribution in [0.2, 0.25) is 0 Å². The van der Waals surface area contributed by atoms with Gasteiger partial charge in [-0.15, -0.1) is 0 Å². The molecule has 0 saturated carbocycles. The van der Waals surface area contributed by atoms with Crippen molar-refractivity contribution in [2.24, 2.45) is 5.73 Å². The number of methoxy groups -OCH3 is 2. The Morgan fingerprint density at radius 3 is 2.59 bits per heavy atom. The van der Waals surface area contributed by atoms with Crippen LogP contribution >= 0.6 is 15.9 Å². The van der Waals surface area contributed by atoms with Crippen LogP contribution < -0.4 is 15.2 Å². The van der Waals surface area contributed by atoms with Crippen LogP contribution in [0.4, 0.5) is 4.39 Å². The van der Waals surface area contributed by atoms with Crippen molar-refractivity contribution in [1.29, 1.82) is 0 Å². The summed E-state index contributed by atoms with van der Waals surface area (Å²) in [7, 11) is 2.71. The van der Waals surface area contributed by atoms with Crippen LogP contribution in [0.25, 0.3) is 0 Å². The average Bonchev–Trinajstić information content (AvgIpc) is 2.28. The number of halogens is 2. The van der Waals surface area contributed by atoms with Crippen LogP contribution in [-0.4, -0.2) is 26.5 Å². The number of ether oxygens (including phenoxy) is 2. The van der Waals surface area contributed by atoms with Gasteiger partial charge in [0.05, 0.1) is 19.8 Å². The first-order valence-corrected chi connectivity index (χ1v) is 5.69. The Morgan fingerprint density at radius 1 is 1.47 bits per heavy atom. The molecule has 0 heterocycles. The quantitative estimate of drug-likeness (QED) is 0.847. The molecule has 0 aliphatic rings. The van der Waals surface area contributed by atoms with Gasteiger partial charge in [-0.3, -0.25) is 4.79 Å². The van der Waals surface area contributed by atoms with Gasteiger partial charge in [-0.25, -0.2) is 4.39 Å². The fourth-order valence-corrected chi connectivity index (χ4v) is 2.04. The molecule has 94 valence electrons. The Hall–Kier alpha value is -1.14. The highest BCUT2D eigenvalue weighted by Gasteiger charge is 2.23. The summed E-state index contributed by atoms with van der Waals surface area (Å²) in [4.78, 5) is 11.7. The highest BCUT2D eigenvalue weighted by atomic mass is 79.9. The van der Waals surface area contributed by atoms with E-state index in [1.165, 1.54) is 20.3 Å². The summed E-state index contributed by atoms with van der Waals surface area (Å²) in [6, 6.07) is 1.49. The zero-order chi connectivity index (χ0) is 13.0. The van der Waals surface area contributed by atoms with Crippen LogP contribution in [0, 0.1) is 5.82 Å². The predicted molar refractivity (Wildman–Crippen MR) is 65.2 cm³/mol. The minimum Gasteiger partial charge on any atom is -0.493 e. The van der Waals surface area contributed by atoms with Crippen LogP contribution in [0.3, 0.4) is 0 Å². The smallest absolute Gasteiger partial charge is 0.197 e. The minimum atomic E-state index is -0.739. The van der Waals surface area contributed by atoms with Crippen molar-refractivity contribution in [3.05, 3.63) is 21.9 Å². The molecule has 0 amide bonds. The third-order valence-electron chi connectivity index (χ3n) is 2.21. The number of hydrogen-bond donors (Lipinski definition) is 1. The van der Waals surface area contributed by atoms with Crippen molar-refractivity contribution >= 4 is 21.7 Å². The number of hydrogen-bond acceptors (Lipinski definition) is 4. The predicted octanol–water partition coefficient (Wildman–Crippen LogP) is 2.14. The number of carbonyl (C=O) groups excluding carboxylic acids is 1. The molecule has 4 nitrogen and oxygen atoms in total. The summed E-state index contributed by atoms with van der Waals surface area (Å²) in [6.45, 7) is 0.166. The molecule has 0 radical (unpaired) electrons. The van der Waals surface area contributed by atoms with Gasteiger partial charge >= 0.3 is 0 Å². The number of nitrogens with two attached hydrogens (primary N) is 1. The maximum Gasteiger partial charge on any atom is 0.197 e. The monoisotopic (exact) mass is 305 g/mol. The van der Waals surface area contributed by atoms with Crippen molar-refractivity contribution in [2.45, 2.75) is 6.42 Å². The molecule has 1 aromatic rings. The van der Waals surface area contributed by atoms with Crippen LogP contribution in [0.5, 0.6) is 11.5 Å². The zero-order valence-corrected chi connectivity index (χ0v) is 11.1. The van der Waals surface area contributed by atoms with Gasteiger partial charge in [0.25, 0.3) is 0 Å². The fourth-order valence-electron chi connectivity index (χ4n) is 1.43. The summed E-state index contributed by atoms with van der Waals surface area (Å²) < 4.78 is 24.2. The van der Waals surface area contributed by atoms with Gasteiger partial charge in [0, 0.05) is 10.9 Å². The third kappa shape index (κ3) is 2.76. The molecule has 0 spiro atoms. The van der Waals surface area contributed by atoms with Crippen LogP contribution in [0.1, 0.15) is 16.8 Å². The van der Waals surface area contributed by atoms with E-state index in [1.54, 1.807) is 0 Å². The van der Waals surface area contributed by atoms with E-state index in [0.29, 0.717) is 4.47 Å². The number of Topliss-reactive ketones (excluding diaryl/α,β-unsaturated/α-hetero) is 1. The molecule has 1 rings (SSSR count). The molecule has 0 saturated heterocycles. The first-order chi connectivity index (χ1) is 8.06. The molecule has 0 aromatic heterocycles. The molecule has 0 bridgehead atoms. The van der Waals surface area contributed by atoms with E-state index in [2.05, 4.69) is 15.9 Å². The third-order valence-corrected chi connectivity index (χ3v) is 2.84. The normalized spacial score (nSPS) is 10.2. The molecule has 1 aromatic carbocycles. The molecular weight excluding hydrogens is 293 g/mol. The lowest BCUT2D eigenvalue weighted by atomic mass is 10.1. The van der Waals surface area contributed by atoms with E-state index in [0.717, 1.165) is 0 Å². The van der Waals surface area contributed by atoms with Crippen molar-refractivity contribution in [2.75, 3.05) is 20.8 Å². The molecular formula is C11H13BrFNO3. The van der Waals surface area contributed by atoms with E-state index < -0.39 is 5.82 Å². The molecule has 2 N–H and O–H groups in total. The second-order valence-electron chi connectivity index (χ2n) is 3.24. The summed E-state index contributed by atoms with van der Waals surface area (Å²) in [5, 5.41) is 0. The van der Waals surface area contributed by atoms with Gasteiger partial charge in [-0.05, 0) is 28.5 Å². The van der Waals surface area contributed by atoms with E-state index in [-0.39, 0.29) is 35.8 Å². The van der Waals surface area contributed by atoms with Gasteiger partial charge in [-0.2, -0.15) is 0 Å². The lowest BCUT2D eigenvalue weighted by molar-refractivity contribution is 0.0980. The summed E-state index contributed by atoms with van der Waals surface area (Å²) in [6.07, 6.45) is 0.0744. The Kier molecular flexibility index (Phi) is 4.89. The minimum absolute atomic E-state index is 0.0619. The SMILES string of the molecule is COc1cc(Br)c(C(=O)CCN)c(F)c1OC. The summed E-state index contributed by atoms with van der Waals surface area (Å²) in [5.74, 6) is -0.979. The Balaban J connectivity index is 3.36. The topological polar surface area (TPSA) is 61.5 Å². The molecule has 0 unspecified atom stereocenters. The Bertz CT molecular complexity index is 437. The van der Waals surface area contributed by atoms with Gasteiger partial charge in [0.1, 0.15) is 0 Å². The van der Waals surface area contributed by atoms with Crippen LogP contribution in [0.15, 0.2) is 10.5 Å². The van der Waals surface area contributed by atoms with Crippen molar-refractivity contribution < 1.29 is 18.7 Å². The molecule has 17 heavy (non-hydrogen) atoms. The lowest BCUT2D eigenvalue weighted by Crippen LogP contribution is -2.11. The maximum absolute atomic E-state index is 14.1.